The number of pyridine rings is 1. The zero-order valence-electron chi connectivity index (χ0n) is 16.6. The number of benzene rings is 1. The molecule has 9 heteroatoms. The molecule has 5 rings (SSSR count). The van der Waals surface area contributed by atoms with E-state index in [1.807, 2.05) is 24.3 Å². The molecule has 154 valence electrons. The van der Waals surface area contributed by atoms with Gasteiger partial charge in [0.25, 0.3) is 0 Å². The highest BCUT2D eigenvalue weighted by atomic mass is 35.5. The molecule has 0 aliphatic carbocycles. The van der Waals surface area contributed by atoms with Crippen LogP contribution in [0.2, 0.25) is 5.15 Å². The smallest absolute Gasteiger partial charge is 0.233 e. The fraction of sp³-hybridized carbons (Fsp3) is 0.333. The molecule has 1 saturated heterocycles. The Hall–Kier alpha value is -2.97. The Morgan fingerprint density at radius 2 is 2.00 bits per heavy atom. The Kier molecular flexibility index (Phi) is 4.88. The van der Waals surface area contributed by atoms with E-state index in [1.54, 1.807) is 12.3 Å². The second kappa shape index (κ2) is 7.70. The second-order valence-electron chi connectivity index (χ2n) is 7.70. The number of para-hydroxylation sites is 1. The van der Waals surface area contributed by atoms with Gasteiger partial charge in [0.2, 0.25) is 11.9 Å². The van der Waals surface area contributed by atoms with Crippen LogP contribution >= 0.6 is 11.6 Å². The molecule has 1 unspecified atom stereocenters. The summed E-state index contributed by atoms with van der Waals surface area (Å²) in [4.78, 5) is 30.6. The highest BCUT2D eigenvalue weighted by Gasteiger charge is 2.30. The number of fused-ring (bicyclic) bond motifs is 2. The van der Waals surface area contributed by atoms with Gasteiger partial charge >= 0.3 is 0 Å². The fourth-order valence-corrected chi connectivity index (χ4v) is 4.11. The van der Waals surface area contributed by atoms with E-state index in [0.717, 1.165) is 48.3 Å². The van der Waals surface area contributed by atoms with Crippen molar-refractivity contribution in [2.75, 3.05) is 55.3 Å². The van der Waals surface area contributed by atoms with Crippen molar-refractivity contribution in [2.24, 2.45) is 0 Å². The maximum absolute atomic E-state index is 12.5. The van der Waals surface area contributed by atoms with E-state index < -0.39 is 0 Å². The van der Waals surface area contributed by atoms with Gasteiger partial charge in [0.15, 0.2) is 0 Å². The minimum atomic E-state index is -0.282. The van der Waals surface area contributed by atoms with Gasteiger partial charge in [-0.2, -0.15) is 4.98 Å². The summed E-state index contributed by atoms with van der Waals surface area (Å²) in [5.74, 6) is 1.03. The van der Waals surface area contributed by atoms with Gasteiger partial charge in [0.05, 0.1) is 17.6 Å². The number of rotatable bonds is 4. The van der Waals surface area contributed by atoms with Crippen molar-refractivity contribution in [3.05, 3.63) is 47.2 Å². The summed E-state index contributed by atoms with van der Waals surface area (Å²) in [6.07, 6.45) is 1.67. The van der Waals surface area contributed by atoms with Gasteiger partial charge in [-0.3, -0.25) is 4.79 Å². The van der Waals surface area contributed by atoms with Crippen molar-refractivity contribution >= 4 is 45.9 Å². The predicted octanol–water partition coefficient (Wildman–Crippen LogP) is 2.58. The van der Waals surface area contributed by atoms with Gasteiger partial charge in [-0.15, -0.1) is 0 Å². The molecule has 1 fully saturated rings. The van der Waals surface area contributed by atoms with Crippen molar-refractivity contribution in [1.82, 2.24) is 19.9 Å². The van der Waals surface area contributed by atoms with Gasteiger partial charge in [-0.05, 0) is 24.7 Å². The van der Waals surface area contributed by atoms with Crippen LogP contribution in [-0.2, 0) is 4.79 Å². The van der Waals surface area contributed by atoms with Crippen molar-refractivity contribution < 1.29 is 4.79 Å². The molecule has 1 aromatic carbocycles. The molecule has 8 nitrogen and oxygen atoms in total. The van der Waals surface area contributed by atoms with E-state index in [2.05, 4.69) is 32.5 Å². The highest BCUT2D eigenvalue weighted by Crippen LogP contribution is 2.33. The van der Waals surface area contributed by atoms with Gasteiger partial charge in [0.1, 0.15) is 11.0 Å². The van der Waals surface area contributed by atoms with E-state index in [-0.39, 0.29) is 11.8 Å². The summed E-state index contributed by atoms with van der Waals surface area (Å²) in [6.45, 7) is 4.07. The maximum Gasteiger partial charge on any atom is 0.233 e. The molecule has 0 bridgehead atoms. The van der Waals surface area contributed by atoms with E-state index >= 15 is 0 Å². The molecule has 2 aromatic heterocycles. The molecule has 2 N–H and O–H groups in total. The summed E-state index contributed by atoms with van der Waals surface area (Å²) >= 11 is 6.14. The molecule has 1 atom stereocenters. The molecular formula is C21H22ClN7O. The number of likely N-dealkylation sites (N-methyl/N-ethyl adjacent to an activating group) is 1. The quantitative estimate of drug-likeness (QED) is 0.623. The van der Waals surface area contributed by atoms with Crippen molar-refractivity contribution in [3.63, 3.8) is 0 Å². The zero-order chi connectivity index (χ0) is 20.7. The third kappa shape index (κ3) is 3.53. The number of hydrogen-bond acceptors (Lipinski definition) is 7. The lowest BCUT2D eigenvalue weighted by Crippen LogP contribution is -2.45. The van der Waals surface area contributed by atoms with Crippen LogP contribution in [0.15, 0.2) is 36.5 Å². The number of halogens is 1. The van der Waals surface area contributed by atoms with Gasteiger partial charge in [-0.1, -0.05) is 29.8 Å². The first-order valence-corrected chi connectivity index (χ1v) is 10.4. The van der Waals surface area contributed by atoms with Crippen LogP contribution in [0, 0.1) is 0 Å². The minimum Gasteiger partial charge on any atom is -0.368 e. The van der Waals surface area contributed by atoms with Gasteiger partial charge in [0, 0.05) is 43.8 Å². The Morgan fingerprint density at radius 3 is 2.83 bits per heavy atom. The molecule has 2 aliphatic rings. The standard InChI is InChI=1S/C21H22ClN7O/c1-28-6-8-29(9-7-28)21-26-17-12-23-18(22)10-14(17)19(27-21)24-11-15-13-4-2-3-5-16(13)25-20(15)30/h2-5,10,12,15H,6-9,11H2,1H3,(H,25,30)(H,24,26,27). The largest absolute Gasteiger partial charge is 0.368 e. The van der Waals surface area contributed by atoms with E-state index in [0.29, 0.717) is 23.5 Å². The lowest BCUT2D eigenvalue weighted by Gasteiger charge is -2.32. The second-order valence-corrected chi connectivity index (χ2v) is 8.08. The number of nitrogens with zero attached hydrogens (tertiary/aromatic N) is 5. The minimum absolute atomic E-state index is 0.0129. The van der Waals surface area contributed by atoms with Crippen LogP contribution in [0.25, 0.3) is 10.9 Å². The van der Waals surface area contributed by atoms with Crippen LogP contribution in [-0.4, -0.2) is 65.5 Å². The number of nitrogens with one attached hydrogen (secondary N) is 2. The van der Waals surface area contributed by atoms with E-state index in [9.17, 15) is 4.79 Å². The highest BCUT2D eigenvalue weighted by molar-refractivity contribution is 6.30. The van der Waals surface area contributed by atoms with Crippen molar-refractivity contribution in [1.29, 1.82) is 0 Å². The molecule has 0 spiro atoms. The van der Waals surface area contributed by atoms with E-state index in [4.69, 9.17) is 21.6 Å². The molecule has 0 saturated carbocycles. The van der Waals surface area contributed by atoms with Crippen molar-refractivity contribution in [3.8, 4) is 0 Å². The molecule has 3 aromatic rings. The predicted molar refractivity (Wildman–Crippen MR) is 118 cm³/mol. The number of aromatic nitrogens is 3. The fourth-order valence-electron chi connectivity index (χ4n) is 3.95. The molecule has 2 aliphatic heterocycles. The summed E-state index contributed by atoms with van der Waals surface area (Å²) in [7, 11) is 2.11. The SMILES string of the molecule is CN1CCN(c2nc(NCC3C(=O)Nc4ccccc43)c3cc(Cl)ncc3n2)CC1. The molecule has 30 heavy (non-hydrogen) atoms. The van der Waals surface area contributed by atoms with Gasteiger partial charge in [-0.25, -0.2) is 9.97 Å². The van der Waals surface area contributed by atoms with Crippen LogP contribution in [0.3, 0.4) is 0 Å². The molecular weight excluding hydrogens is 402 g/mol. The summed E-state index contributed by atoms with van der Waals surface area (Å²) < 4.78 is 0. The lowest BCUT2D eigenvalue weighted by atomic mass is 10.0. The number of amides is 1. The monoisotopic (exact) mass is 423 g/mol. The maximum atomic E-state index is 12.5. The Bertz CT molecular complexity index is 1110. The Morgan fingerprint density at radius 1 is 1.20 bits per heavy atom. The first-order chi connectivity index (χ1) is 14.6. The third-order valence-corrected chi connectivity index (χ3v) is 5.91. The van der Waals surface area contributed by atoms with Crippen molar-refractivity contribution in [2.45, 2.75) is 5.92 Å². The molecule has 4 heterocycles. The third-order valence-electron chi connectivity index (χ3n) is 5.71. The molecule has 0 radical (unpaired) electrons. The van der Waals surface area contributed by atoms with E-state index in [1.165, 1.54) is 0 Å². The number of piperazine rings is 1. The average molecular weight is 424 g/mol. The number of anilines is 3. The van der Waals surface area contributed by atoms with Crippen LogP contribution in [0.1, 0.15) is 11.5 Å². The lowest BCUT2D eigenvalue weighted by molar-refractivity contribution is -0.116. The van der Waals surface area contributed by atoms with Crippen LogP contribution in [0.5, 0.6) is 0 Å². The first kappa shape index (κ1) is 19.0. The number of carbonyl (C=O) groups excluding carboxylic acids is 1. The molecule has 1 amide bonds. The number of hydrogen-bond donors (Lipinski definition) is 2. The first-order valence-electron chi connectivity index (χ1n) is 9.99. The summed E-state index contributed by atoms with van der Waals surface area (Å²) in [5, 5.41) is 7.49. The van der Waals surface area contributed by atoms with Crippen LogP contribution < -0.4 is 15.5 Å². The topological polar surface area (TPSA) is 86.3 Å². The normalized spacial score (nSPS) is 19.1. The average Bonchev–Trinajstić information content (AvgIpc) is 3.07. The number of carbonyl (C=O) groups is 1. The Balaban J connectivity index is 1.46. The van der Waals surface area contributed by atoms with Gasteiger partial charge < -0.3 is 20.4 Å². The summed E-state index contributed by atoms with van der Waals surface area (Å²) in [5.41, 5.74) is 2.58. The summed E-state index contributed by atoms with van der Waals surface area (Å²) in [6, 6.07) is 9.53. The van der Waals surface area contributed by atoms with Crippen LogP contribution in [0.4, 0.5) is 17.5 Å². The zero-order valence-corrected chi connectivity index (χ0v) is 17.4. The Labute approximate surface area is 179 Å².